The quantitative estimate of drug-likeness (QED) is 0.732. The fourth-order valence-electron chi connectivity index (χ4n) is 1.97. The van der Waals surface area contributed by atoms with Gasteiger partial charge in [-0.05, 0) is 19.4 Å². The molecule has 0 saturated heterocycles. The van der Waals surface area contributed by atoms with Crippen molar-refractivity contribution in [2.45, 2.75) is 20.3 Å². The first-order valence-electron chi connectivity index (χ1n) is 6.18. The lowest BCUT2D eigenvalue weighted by molar-refractivity contribution is -0.120. The number of nitrogens with zero attached hydrogens (tertiary/aromatic N) is 1. The number of carboxylic acid groups (broad SMARTS) is 1. The number of carbonyl (C=O) groups excluding carboxylic acids is 2. The van der Waals surface area contributed by atoms with Gasteiger partial charge in [0, 0.05) is 32.8 Å². The van der Waals surface area contributed by atoms with Gasteiger partial charge in [0.05, 0.1) is 5.56 Å². The van der Waals surface area contributed by atoms with Gasteiger partial charge in [-0.2, -0.15) is 0 Å². The second-order valence-corrected chi connectivity index (χ2v) is 4.58. The topological polar surface area (TPSA) is 103 Å². The van der Waals surface area contributed by atoms with E-state index in [-0.39, 0.29) is 30.5 Å². The Balaban J connectivity index is 2.92. The summed E-state index contributed by atoms with van der Waals surface area (Å²) in [6.07, 6.45) is 0.201. The highest BCUT2D eigenvalue weighted by Crippen LogP contribution is 2.19. The number of amides is 2. The van der Waals surface area contributed by atoms with Crippen LogP contribution in [0.3, 0.4) is 0 Å². The van der Waals surface area contributed by atoms with Crippen LogP contribution in [0.2, 0.25) is 0 Å². The molecular weight excluding hydrogens is 262 g/mol. The second-order valence-electron chi connectivity index (χ2n) is 4.58. The number of aromatic carboxylic acids is 1. The number of hydrogen-bond donors (Lipinski definition) is 3. The Kier molecular flexibility index (Phi) is 4.90. The number of carbonyl (C=O) groups is 3. The lowest BCUT2D eigenvalue weighted by atomic mass is 10.1. The summed E-state index contributed by atoms with van der Waals surface area (Å²) < 4.78 is 0. The minimum atomic E-state index is -1.10. The van der Waals surface area contributed by atoms with Crippen LogP contribution in [0.25, 0.3) is 0 Å². The van der Waals surface area contributed by atoms with Crippen LogP contribution >= 0.6 is 0 Å². The average Bonchev–Trinajstić information content (AvgIpc) is 2.70. The van der Waals surface area contributed by atoms with E-state index >= 15 is 0 Å². The molecule has 3 N–H and O–H groups in total. The molecule has 0 atom stereocenters. The van der Waals surface area contributed by atoms with Gasteiger partial charge in [0.25, 0.3) is 5.91 Å². The average molecular weight is 281 g/mol. The first kappa shape index (κ1) is 15.7. The summed E-state index contributed by atoms with van der Waals surface area (Å²) in [4.78, 5) is 38.6. The predicted molar refractivity (Wildman–Crippen MR) is 72.9 cm³/mol. The molecule has 1 aromatic rings. The molecular formula is C13H19N3O4. The Bertz CT molecular complexity index is 548. The van der Waals surface area contributed by atoms with Crippen LogP contribution in [0.1, 0.15) is 38.5 Å². The normalized spacial score (nSPS) is 10.2. The van der Waals surface area contributed by atoms with Crippen molar-refractivity contribution in [3.05, 3.63) is 22.5 Å². The highest BCUT2D eigenvalue weighted by molar-refractivity contribution is 6.00. The zero-order valence-electron chi connectivity index (χ0n) is 12.0. The van der Waals surface area contributed by atoms with Crippen molar-refractivity contribution in [1.29, 1.82) is 0 Å². The number of aromatic amines is 1. The van der Waals surface area contributed by atoms with Gasteiger partial charge in [-0.3, -0.25) is 9.59 Å². The van der Waals surface area contributed by atoms with E-state index in [1.165, 1.54) is 11.9 Å². The summed E-state index contributed by atoms with van der Waals surface area (Å²) in [6.45, 7) is 3.51. The number of aromatic nitrogens is 1. The number of aryl methyl sites for hydroxylation is 1. The van der Waals surface area contributed by atoms with E-state index in [9.17, 15) is 14.4 Å². The third kappa shape index (κ3) is 3.17. The Morgan fingerprint density at radius 1 is 1.30 bits per heavy atom. The number of hydrogen-bond acceptors (Lipinski definition) is 3. The molecule has 0 aromatic carbocycles. The maximum Gasteiger partial charge on any atom is 0.352 e. The summed E-state index contributed by atoms with van der Waals surface area (Å²) in [5.41, 5.74) is 1.29. The van der Waals surface area contributed by atoms with Crippen LogP contribution in [0, 0.1) is 13.8 Å². The lowest BCUT2D eigenvalue weighted by Gasteiger charge is -2.17. The molecule has 7 nitrogen and oxygen atoms in total. The number of rotatable bonds is 5. The van der Waals surface area contributed by atoms with Crippen LogP contribution in [-0.4, -0.2) is 53.4 Å². The number of H-pyrrole nitrogens is 1. The molecule has 0 bridgehead atoms. The van der Waals surface area contributed by atoms with Gasteiger partial charge in [0.1, 0.15) is 5.69 Å². The van der Waals surface area contributed by atoms with Crippen LogP contribution < -0.4 is 5.32 Å². The third-order valence-electron chi connectivity index (χ3n) is 3.17. The van der Waals surface area contributed by atoms with Crippen LogP contribution in [0.4, 0.5) is 0 Å². The van der Waals surface area contributed by atoms with Crippen molar-refractivity contribution in [1.82, 2.24) is 15.2 Å². The summed E-state index contributed by atoms with van der Waals surface area (Å²) in [7, 11) is 3.11. The summed E-state index contributed by atoms with van der Waals surface area (Å²) in [5.74, 6) is -1.55. The molecule has 0 spiro atoms. The fraction of sp³-hybridized carbons (Fsp3) is 0.462. The summed E-state index contributed by atoms with van der Waals surface area (Å²) >= 11 is 0. The number of nitrogens with one attached hydrogen (secondary N) is 2. The van der Waals surface area contributed by atoms with E-state index < -0.39 is 5.97 Å². The molecule has 2 amide bonds. The second kappa shape index (κ2) is 6.23. The molecule has 20 heavy (non-hydrogen) atoms. The largest absolute Gasteiger partial charge is 0.477 e. The van der Waals surface area contributed by atoms with E-state index in [4.69, 9.17) is 5.11 Å². The highest BCUT2D eigenvalue weighted by atomic mass is 16.4. The maximum atomic E-state index is 12.3. The van der Waals surface area contributed by atoms with Crippen molar-refractivity contribution in [3.63, 3.8) is 0 Å². The molecule has 1 aromatic heterocycles. The molecule has 0 unspecified atom stereocenters. The molecule has 1 heterocycles. The fourth-order valence-corrected chi connectivity index (χ4v) is 1.97. The molecule has 0 aliphatic carbocycles. The zero-order valence-corrected chi connectivity index (χ0v) is 12.0. The van der Waals surface area contributed by atoms with Crippen LogP contribution in [0.5, 0.6) is 0 Å². The first-order valence-corrected chi connectivity index (χ1v) is 6.18. The number of carboxylic acids is 1. The summed E-state index contributed by atoms with van der Waals surface area (Å²) in [5, 5.41) is 11.5. The Labute approximate surface area is 117 Å². The van der Waals surface area contributed by atoms with E-state index in [1.54, 1.807) is 20.9 Å². The maximum absolute atomic E-state index is 12.3. The molecule has 1 rings (SSSR count). The van der Waals surface area contributed by atoms with E-state index in [0.717, 1.165) is 0 Å². The van der Waals surface area contributed by atoms with Gasteiger partial charge in [0.15, 0.2) is 0 Å². The minimum absolute atomic E-state index is 0.0190. The van der Waals surface area contributed by atoms with Gasteiger partial charge >= 0.3 is 5.97 Å². The molecule has 0 aliphatic heterocycles. The third-order valence-corrected chi connectivity index (χ3v) is 3.17. The molecule has 0 aliphatic rings. The van der Waals surface area contributed by atoms with E-state index in [1.807, 2.05) is 0 Å². The van der Waals surface area contributed by atoms with Crippen molar-refractivity contribution in [3.8, 4) is 0 Å². The van der Waals surface area contributed by atoms with Crippen molar-refractivity contribution >= 4 is 17.8 Å². The standard InChI is InChI=1S/C13H19N3O4/c1-7-10(8(2)15-11(7)13(19)20)12(18)16(4)6-5-9(17)14-3/h15H,5-6H2,1-4H3,(H,14,17)(H,19,20). The predicted octanol–water partition coefficient (Wildman–Crippen LogP) is 0.538. The summed E-state index contributed by atoms with van der Waals surface area (Å²) in [6, 6.07) is 0. The first-order chi connectivity index (χ1) is 9.29. The molecule has 7 heteroatoms. The van der Waals surface area contributed by atoms with Crippen molar-refractivity contribution in [2.24, 2.45) is 0 Å². The molecule has 0 fully saturated rings. The Morgan fingerprint density at radius 3 is 2.35 bits per heavy atom. The van der Waals surface area contributed by atoms with Crippen molar-refractivity contribution < 1.29 is 19.5 Å². The van der Waals surface area contributed by atoms with Crippen LogP contribution in [-0.2, 0) is 4.79 Å². The van der Waals surface area contributed by atoms with Crippen LogP contribution in [0.15, 0.2) is 0 Å². The Hall–Kier alpha value is -2.31. The van der Waals surface area contributed by atoms with E-state index in [0.29, 0.717) is 16.8 Å². The lowest BCUT2D eigenvalue weighted by Crippen LogP contribution is -2.31. The molecule has 0 saturated carbocycles. The van der Waals surface area contributed by atoms with Crippen molar-refractivity contribution in [2.75, 3.05) is 20.6 Å². The zero-order chi connectivity index (χ0) is 15.4. The molecule has 0 radical (unpaired) electrons. The van der Waals surface area contributed by atoms with Gasteiger partial charge in [-0.1, -0.05) is 0 Å². The SMILES string of the molecule is CNC(=O)CCN(C)C(=O)c1c(C)[nH]c(C(=O)O)c1C. The smallest absolute Gasteiger partial charge is 0.352 e. The minimum Gasteiger partial charge on any atom is -0.477 e. The van der Waals surface area contributed by atoms with E-state index in [2.05, 4.69) is 10.3 Å². The molecule has 110 valence electrons. The Morgan fingerprint density at radius 2 is 1.90 bits per heavy atom. The highest BCUT2D eigenvalue weighted by Gasteiger charge is 2.23. The van der Waals surface area contributed by atoms with Gasteiger partial charge in [-0.25, -0.2) is 4.79 Å². The monoisotopic (exact) mass is 281 g/mol. The van der Waals surface area contributed by atoms with Gasteiger partial charge in [0.2, 0.25) is 5.91 Å². The van der Waals surface area contributed by atoms with Gasteiger partial charge in [-0.15, -0.1) is 0 Å². The van der Waals surface area contributed by atoms with Gasteiger partial charge < -0.3 is 20.3 Å².